The van der Waals surface area contributed by atoms with E-state index in [1.54, 1.807) is 12.4 Å². The van der Waals surface area contributed by atoms with E-state index < -0.39 is 0 Å². The summed E-state index contributed by atoms with van der Waals surface area (Å²) in [6.07, 6.45) is 3.47. The number of pyridine rings is 1. The molecule has 1 aliphatic heterocycles. The first-order chi connectivity index (χ1) is 9.34. The number of aromatic nitrogens is 3. The third-order valence-corrected chi connectivity index (χ3v) is 3.42. The van der Waals surface area contributed by atoms with Crippen molar-refractivity contribution in [2.75, 3.05) is 26.2 Å². The predicted octanol–water partition coefficient (Wildman–Crippen LogP) is 1.10. The molecule has 2 aromatic heterocycles. The molecule has 1 aliphatic rings. The van der Waals surface area contributed by atoms with Crippen LogP contribution in [0.5, 0.6) is 0 Å². The highest BCUT2D eigenvalue weighted by molar-refractivity contribution is 5.51. The molecule has 3 rings (SSSR count). The quantitative estimate of drug-likeness (QED) is 0.890. The summed E-state index contributed by atoms with van der Waals surface area (Å²) in [6, 6.07) is 3.95. The lowest BCUT2D eigenvalue weighted by atomic mass is 10.2. The van der Waals surface area contributed by atoms with Gasteiger partial charge in [-0.15, -0.1) is 0 Å². The van der Waals surface area contributed by atoms with E-state index in [2.05, 4.69) is 32.3 Å². The molecule has 1 fully saturated rings. The summed E-state index contributed by atoms with van der Waals surface area (Å²) in [4.78, 5) is 10.9. The van der Waals surface area contributed by atoms with E-state index in [-0.39, 0.29) is 6.04 Å². The number of rotatable bonds is 3. The minimum atomic E-state index is 0.153. The fraction of sp³-hybridized carbons (Fsp3) is 0.462. The summed E-state index contributed by atoms with van der Waals surface area (Å²) in [7, 11) is 0. The fourth-order valence-corrected chi connectivity index (χ4v) is 2.24. The smallest absolute Gasteiger partial charge is 0.244 e. The largest absolute Gasteiger partial charge is 0.337 e. The second-order valence-corrected chi connectivity index (χ2v) is 4.66. The van der Waals surface area contributed by atoms with Gasteiger partial charge < -0.3 is 9.84 Å². The zero-order chi connectivity index (χ0) is 13.1. The van der Waals surface area contributed by atoms with Crippen molar-refractivity contribution in [3.05, 3.63) is 30.4 Å². The molecule has 3 heterocycles. The molecule has 1 atom stereocenters. The average molecular weight is 259 g/mol. The van der Waals surface area contributed by atoms with Crippen LogP contribution in [0, 0.1) is 0 Å². The highest BCUT2D eigenvalue weighted by atomic mass is 16.5. The van der Waals surface area contributed by atoms with Crippen LogP contribution in [0.15, 0.2) is 29.0 Å². The van der Waals surface area contributed by atoms with Crippen molar-refractivity contribution < 1.29 is 4.52 Å². The molecule has 1 saturated heterocycles. The highest BCUT2D eigenvalue weighted by Crippen LogP contribution is 2.21. The van der Waals surface area contributed by atoms with Crippen LogP contribution in [0.25, 0.3) is 11.4 Å². The Labute approximate surface area is 111 Å². The standard InChI is InChI=1S/C13H17N5O/c1-10(18-7-5-14-6-8-18)13-16-12(17-19-13)11-3-2-4-15-9-11/h2-4,9-10,14H,5-8H2,1H3. The zero-order valence-electron chi connectivity index (χ0n) is 10.9. The van der Waals surface area contributed by atoms with Crippen LogP contribution < -0.4 is 5.32 Å². The second-order valence-electron chi connectivity index (χ2n) is 4.66. The number of nitrogens with one attached hydrogen (secondary N) is 1. The number of hydrogen-bond acceptors (Lipinski definition) is 6. The molecule has 6 heteroatoms. The minimum Gasteiger partial charge on any atom is -0.337 e. The zero-order valence-corrected chi connectivity index (χ0v) is 10.9. The van der Waals surface area contributed by atoms with Crippen LogP contribution in [-0.4, -0.2) is 46.2 Å². The van der Waals surface area contributed by atoms with E-state index in [0.29, 0.717) is 11.7 Å². The summed E-state index contributed by atoms with van der Waals surface area (Å²) in [5.41, 5.74) is 0.880. The molecule has 19 heavy (non-hydrogen) atoms. The number of nitrogens with zero attached hydrogens (tertiary/aromatic N) is 4. The summed E-state index contributed by atoms with van der Waals surface area (Å²) in [6.45, 7) is 6.13. The monoisotopic (exact) mass is 259 g/mol. The SMILES string of the molecule is CC(c1nc(-c2cccnc2)no1)N1CCNCC1. The molecule has 6 nitrogen and oxygen atoms in total. The molecule has 1 N–H and O–H groups in total. The summed E-state index contributed by atoms with van der Waals surface area (Å²) < 4.78 is 5.38. The molecule has 100 valence electrons. The van der Waals surface area contributed by atoms with Gasteiger partial charge in [0.2, 0.25) is 11.7 Å². The van der Waals surface area contributed by atoms with Crippen molar-refractivity contribution in [3.63, 3.8) is 0 Å². The fourth-order valence-electron chi connectivity index (χ4n) is 2.24. The van der Waals surface area contributed by atoms with Crippen LogP contribution >= 0.6 is 0 Å². The van der Waals surface area contributed by atoms with E-state index in [9.17, 15) is 0 Å². The molecule has 1 unspecified atom stereocenters. The first-order valence-electron chi connectivity index (χ1n) is 6.53. The van der Waals surface area contributed by atoms with E-state index in [1.165, 1.54) is 0 Å². The van der Waals surface area contributed by atoms with Gasteiger partial charge in [-0.05, 0) is 19.1 Å². The molecule has 0 aromatic carbocycles. The molecule has 0 aliphatic carbocycles. The van der Waals surface area contributed by atoms with Crippen molar-refractivity contribution in [2.24, 2.45) is 0 Å². The summed E-state index contributed by atoms with van der Waals surface area (Å²) >= 11 is 0. The van der Waals surface area contributed by atoms with Gasteiger partial charge in [-0.1, -0.05) is 5.16 Å². The van der Waals surface area contributed by atoms with Gasteiger partial charge in [0.15, 0.2) is 0 Å². The molecule has 2 aromatic rings. The summed E-state index contributed by atoms with van der Waals surface area (Å²) in [5.74, 6) is 1.27. The Balaban J connectivity index is 1.77. The Hall–Kier alpha value is -1.79. The maximum Gasteiger partial charge on any atom is 0.244 e. The van der Waals surface area contributed by atoms with Crippen molar-refractivity contribution in [1.82, 2.24) is 25.3 Å². The third-order valence-electron chi connectivity index (χ3n) is 3.42. The molecule has 0 bridgehead atoms. The van der Waals surface area contributed by atoms with E-state index >= 15 is 0 Å². The van der Waals surface area contributed by atoms with Crippen molar-refractivity contribution in [1.29, 1.82) is 0 Å². The van der Waals surface area contributed by atoms with Gasteiger partial charge in [0.05, 0.1) is 6.04 Å². The molecule has 0 saturated carbocycles. The van der Waals surface area contributed by atoms with Gasteiger partial charge in [0, 0.05) is 44.1 Å². The Bertz CT molecular complexity index is 521. The van der Waals surface area contributed by atoms with Crippen molar-refractivity contribution >= 4 is 0 Å². The third kappa shape index (κ3) is 2.64. The maximum atomic E-state index is 5.38. The molecule has 0 radical (unpaired) electrons. The molecular formula is C13H17N5O. The average Bonchev–Trinajstić information content (AvgIpc) is 2.98. The van der Waals surface area contributed by atoms with E-state index in [4.69, 9.17) is 4.52 Å². The lowest BCUT2D eigenvalue weighted by Crippen LogP contribution is -2.44. The minimum absolute atomic E-state index is 0.153. The lowest BCUT2D eigenvalue weighted by molar-refractivity contribution is 0.154. The lowest BCUT2D eigenvalue weighted by Gasteiger charge is -2.30. The Kier molecular flexibility index (Phi) is 3.52. The number of piperazine rings is 1. The molecule has 0 spiro atoms. The van der Waals surface area contributed by atoms with Gasteiger partial charge in [0.25, 0.3) is 0 Å². The van der Waals surface area contributed by atoms with Crippen molar-refractivity contribution in [3.8, 4) is 11.4 Å². The first kappa shape index (κ1) is 12.3. The van der Waals surface area contributed by atoms with Gasteiger partial charge >= 0.3 is 0 Å². The maximum absolute atomic E-state index is 5.38. The normalized spacial score (nSPS) is 18.4. The molecular weight excluding hydrogens is 242 g/mol. The van der Waals surface area contributed by atoms with Gasteiger partial charge in [-0.3, -0.25) is 9.88 Å². The Morgan fingerprint density at radius 1 is 1.37 bits per heavy atom. The highest BCUT2D eigenvalue weighted by Gasteiger charge is 2.23. The summed E-state index contributed by atoms with van der Waals surface area (Å²) in [5, 5.41) is 7.37. The van der Waals surface area contributed by atoms with Gasteiger partial charge in [0.1, 0.15) is 0 Å². The molecule has 0 amide bonds. The van der Waals surface area contributed by atoms with Crippen LogP contribution in [-0.2, 0) is 0 Å². The van der Waals surface area contributed by atoms with Crippen LogP contribution in [0.3, 0.4) is 0 Å². The van der Waals surface area contributed by atoms with Crippen molar-refractivity contribution in [2.45, 2.75) is 13.0 Å². The Morgan fingerprint density at radius 3 is 2.95 bits per heavy atom. The first-order valence-corrected chi connectivity index (χ1v) is 6.53. The second kappa shape index (κ2) is 5.46. The van der Waals surface area contributed by atoms with Crippen LogP contribution in [0.2, 0.25) is 0 Å². The predicted molar refractivity (Wildman–Crippen MR) is 70.4 cm³/mol. The van der Waals surface area contributed by atoms with Gasteiger partial charge in [-0.2, -0.15) is 4.98 Å². The topological polar surface area (TPSA) is 67.1 Å². The van der Waals surface area contributed by atoms with Crippen LogP contribution in [0.4, 0.5) is 0 Å². The van der Waals surface area contributed by atoms with E-state index in [1.807, 2.05) is 12.1 Å². The number of hydrogen-bond donors (Lipinski definition) is 1. The van der Waals surface area contributed by atoms with Crippen LogP contribution in [0.1, 0.15) is 18.9 Å². The van der Waals surface area contributed by atoms with Gasteiger partial charge in [-0.25, -0.2) is 0 Å². The van der Waals surface area contributed by atoms with E-state index in [0.717, 1.165) is 31.7 Å². The Morgan fingerprint density at radius 2 is 2.21 bits per heavy atom.